The topological polar surface area (TPSA) is 94.3 Å². The number of non-ortho nitro benzene ring substituents is 1. The van der Waals surface area contributed by atoms with E-state index in [-0.39, 0.29) is 27.7 Å². The summed E-state index contributed by atoms with van der Waals surface area (Å²) in [6, 6.07) is 19.9. The van der Waals surface area contributed by atoms with E-state index >= 15 is 0 Å². The van der Waals surface area contributed by atoms with Gasteiger partial charge >= 0.3 is 0 Å². The molecule has 0 amide bonds. The van der Waals surface area contributed by atoms with Crippen molar-refractivity contribution in [1.82, 2.24) is 0 Å². The summed E-state index contributed by atoms with van der Waals surface area (Å²) in [6.07, 6.45) is 3.50. The van der Waals surface area contributed by atoms with Crippen LogP contribution in [0, 0.1) is 10.1 Å². The lowest BCUT2D eigenvalue weighted by Gasteiger charge is -2.05. The molecule has 0 saturated carbocycles. The van der Waals surface area contributed by atoms with Gasteiger partial charge in [0.15, 0.2) is 5.78 Å². The summed E-state index contributed by atoms with van der Waals surface area (Å²) in [6.45, 7) is 0. The summed E-state index contributed by atoms with van der Waals surface area (Å²) in [5.74, 6) is -0.160. The van der Waals surface area contributed by atoms with Crippen LogP contribution in [0.3, 0.4) is 0 Å². The molecule has 0 fully saturated rings. The number of sulfone groups is 1. The molecule has 0 bridgehead atoms. The number of hydrogen-bond donors (Lipinski definition) is 0. The Labute approximate surface area is 168 Å². The first-order valence-electron chi connectivity index (χ1n) is 8.72. The monoisotopic (exact) mass is 407 g/mol. The molecule has 0 aliphatic carbocycles. The molecule has 0 aliphatic heterocycles. The van der Waals surface area contributed by atoms with E-state index in [9.17, 15) is 23.3 Å². The first-order chi connectivity index (χ1) is 13.9. The quantitative estimate of drug-likeness (QED) is 0.321. The smallest absolute Gasteiger partial charge is 0.269 e. The second-order valence-electron chi connectivity index (χ2n) is 6.22. The first kappa shape index (κ1) is 20.2. The molecule has 0 spiro atoms. The Kier molecular flexibility index (Phi) is 5.99. The molecule has 0 radical (unpaired) electrons. The van der Waals surface area contributed by atoms with Crippen LogP contribution in [-0.4, -0.2) is 19.1 Å². The van der Waals surface area contributed by atoms with Crippen molar-refractivity contribution >= 4 is 27.4 Å². The van der Waals surface area contributed by atoms with E-state index in [1.54, 1.807) is 42.5 Å². The summed E-state index contributed by atoms with van der Waals surface area (Å²) < 4.78 is 25.1. The molecule has 3 aromatic rings. The van der Waals surface area contributed by atoms with Gasteiger partial charge in [0.25, 0.3) is 5.69 Å². The van der Waals surface area contributed by atoms with Gasteiger partial charge in [0.1, 0.15) is 0 Å². The van der Waals surface area contributed by atoms with Gasteiger partial charge in [0.2, 0.25) is 9.84 Å². The molecule has 0 aliphatic rings. The van der Waals surface area contributed by atoms with Crippen LogP contribution in [0.2, 0.25) is 0 Å². The van der Waals surface area contributed by atoms with Crippen LogP contribution in [-0.2, 0) is 9.84 Å². The highest BCUT2D eigenvalue weighted by atomic mass is 32.2. The van der Waals surface area contributed by atoms with Crippen LogP contribution in [0.4, 0.5) is 5.69 Å². The highest BCUT2D eigenvalue weighted by Crippen LogP contribution is 2.21. The molecule has 0 N–H and O–H groups in total. The van der Waals surface area contributed by atoms with Crippen molar-refractivity contribution in [2.75, 3.05) is 0 Å². The minimum atomic E-state index is -3.62. The largest absolute Gasteiger partial charge is 0.294 e. The van der Waals surface area contributed by atoms with E-state index in [4.69, 9.17) is 0 Å². The molecule has 0 unspecified atom stereocenters. The zero-order valence-electron chi connectivity index (χ0n) is 15.3. The third-order valence-corrected chi connectivity index (χ3v) is 6.04. The fourth-order valence-corrected chi connectivity index (χ4v) is 3.96. The van der Waals surface area contributed by atoms with E-state index in [2.05, 4.69) is 0 Å². The van der Waals surface area contributed by atoms with Gasteiger partial charge < -0.3 is 0 Å². The number of carbonyl (C=O) groups excluding carboxylic acids is 1. The minimum Gasteiger partial charge on any atom is -0.294 e. The number of hydrogen-bond acceptors (Lipinski definition) is 5. The third-order valence-electron chi connectivity index (χ3n) is 4.26. The molecule has 0 heterocycles. The number of allylic oxidation sites excluding steroid dienone is 1. The van der Waals surface area contributed by atoms with Crippen molar-refractivity contribution in [3.05, 3.63) is 106 Å². The van der Waals surface area contributed by atoms with Crippen LogP contribution in [0.25, 0.3) is 6.08 Å². The third kappa shape index (κ3) is 4.83. The Bertz CT molecular complexity index is 1150. The Hall–Kier alpha value is -3.58. The van der Waals surface area contributed by atoms with Crippen LogP contribution in [0.1, 0.15) is 22.3 Å². The van der Waals surface area contributed by atoms with Crippen molar-refractivity contribution in [1.29, 1.82) is 0 Å². The number of ketones is 1. The first-order valence-corrected chi connectivity index (χ1v) is 10.2. The van der Waals surface area contributed by atoms with Gasteiger partial charge in [-0.3, -0.25) is 14.9 Å². The van der Waals surface area contributed by atoms with E-state index < -0.39 is 14.8 Å². The molecule has 6 nitrogen and oxygen atoms in total. The Morgan fingerprint density at radius 2 is 1.45 bits per heavy atom. The Morgan fingerprint density at radius 1 is 0.862 bits per heavy atom. The number of Topliss-reactive ketones (excluding diaryl/α,β-unsaturated/α-hetero) is 1. The summed E-state index contributed by atoms with van der Waals surface area (Å²) in [5, 5.41) is 10.6. The molecule has 0 aromatic heterocycles. The molecule has 3 rings (SSSR count). The maximum Gasteiger partial charge on any atom is 0.269 e. The summed E-state index contributed by atoms with van der Waals surface area (Å²) in [4.78, 5) is 22.8. The molecule has 29 heavy (non-hydrogen) atoms. The van der Waals surface area contributed by atoms with Gasteiger partial charge in [-0.05, 0) is 42.0 Å². The van der Waals surface area contributed by atoms with Crippen molar-refractivity contribution in [2.24, 2.45) is 0 Å². The zero-order chi connectivity index (χ0) is 20.9. The maximum atomic E-state index is 12.6. The van der Waals surface area contributed by atoms with E-state index in [0.717, 1.165) is 5.56 Å². The second-order valence-corrected chi connectivity index (χ2v) is 8.17. The molecule has 3 aromatic carbocycles. The zero-order valence-corrected chi connectivity index (χ0v) is 16.1. The Balaban J connectivity index is 1.67. The van der Waals surface area contributed by atoms with Crippen LogP contribution in [0.15, 0.2) is 94.7 Å². The maximum absolute atomic E-state index is 12.6. The van der Waals surface area contributed by atoms with Gasteiger partial charge in [0, 0.05) is 24.1 Å². The molecule has 0 atom stereocenters. The standard InChI is InChI=1S/C22H17NO5S/c24-22(8-4-5-17-9-13-19(14-10-17)23(25)26)18-11-15-21(16-12-18)29(27,28)20-6-2-1-3-7-20/h1-7,9-16H,8H2/b5-4+. The number of nitrogens with zero attached hydrogens (tertiary/aromatic N) is 1. The van der Waals surface area contributed by atoms with Gasteiger partial charge in [0.05, 0.1) is 14.7 Å². The van der Waals surface area contributed by atoms with Crippen LogP contribution >= 0.6 is 0 Å². The number of benzene rings is 3. The average Bonchev–Trinajstić information content (AvgIpc) is 2.74. The van der Waals surface area contributed by atoms with Crippen LogP contribution in [0.5, 0.6) is 0 Å². The van der Waals surface area contributed by atoms with Gasteiger partial charge in [-0.2, -0.15) is 0 Å². The van der Waals surface area contributed by atoms with Crippen molar-refractivity contribution in [3.8, 4) is 0 Å². The molecular formula is C22H17NO5S. The van der Waals surface area contributed by atoms with Gasteiger partial charge in [-0.1, -0.05) is 42.5 Å². The number of nitro benzene ring substituents is 1. The lowest BCUT2D eigenvalue weighted by Crippen LogP contribution is -2.03. The normalized spacial score (nSPS) is 11.4. The number of nitro groups is 1. The van der Waals surface area contributed by atoms with Gasteiger partial charge in [-0.25, -0.2) is 8.42 Å². The highest BCUT2D eigenvalue weighted by molar-refractivity contribution is 7.91. The number of rotatable bonds is 7. The van der Waals surface area contributed by atoms with Crippen molar-refractivity contribution < 1.29 is 18.1 Å². The number of carbonyl (C=O) groups is 1. The van der Waals surface area contributed by atoms with Crippen molar-refractivity contribution in [2.45, 2.75) is 16.2 Å². The fourth-order valence-electron chi connectivity index (χ4n) is 2.68. The lowest BCUT2D eigenvalue weighted by molar-refractivity contribution is -0.384. The summed E-state index contributed by atoms with van der Waals surface area (Å²) in [5.41, 5.74) is 1.15. The average molecular weight is 407 g/mol. The van der Waals surface area contributed by atoms with E-state index in [1.165, 1.54) is 48.5 Å². The predicted molar refractivity (Wildman–Crippen MR) is 109 cm³/mol. The van der Waals surface area contributed by atoms with Gasteiger partial charge in [-0.15, -0.1) is 0 Å². The molecular weight excluding hydrogens is 390 g/mol. The highest BCUT2D eigenvalue weighted by Gasteiger charge is 2.17. The summed E-state index contributed by atoms with van der Waals surface area (Å²) in [7, 11) is -3.62. The van der Waals surface area contributed by atoms with Crippen LogP contribution < -0.4 is 0 Å². The Morgan fingerprint density at radius 3 is 2.03 bits per heavy atom. The van der Waals surface area contributed by atoms with Crippen molar-refractivity contribution in [3.63, 3.8) is 0 Å². The molecule has 7 heteroatoms. The summed E-state index contributed by atoms with van der Waals surface area (Å²) >= 11 is 0. The molecule has 0 saturated heterocycles. The molecule has 146 valence electrons. The predicted octanol–water partition coefficient (Wildman–Crippen LogP) is 4.71. The van der Waals surface area contributed by atoms with E-state index in [0.29, 0.717) is 5.56 Å². The fraction of sp³-hybridized carbons (Fsp3) is 0.0455. The second kappa shape index (κ2) is 8.62. The minimum absolute atomic E-state index is 0.00349. The lowest BCUT2D eigenvalue weighted by atomic mass is 10.1. The SMILES string of the molecule is O=C(C/C=C/c1ccc([N+](=O)[O-])cc1)c1ccc(S(=O)(=O)c2ccccc2)cc1. The van der Waals surface area contributed by atoms with E-state index in [1.807, 2.05) is 0 Å².